The van der Waals surface area contributed by atoms with Crippen LogP contribution in [-0.2, 0) is 9.53 Å². The number of anilines is 1. The van der Waals surface area contributed by atoms with E-state index in [0.29, 0.717) is 40.0 Å². The van der Waals surface area contributed by atoms with Gasteiger partial charge in [-0.15, -0.1) is 0 Å². The van der Waals surface area contributed by atoms with E-state index in [9.17, 15) is 9.18 Å². The second kappa shape index (κ2) is 9.45. The van der Waals surface area contributed by atoms with E-state index in [0.717, 1.165) is 18.4 Å². The molecule has 0 N–H and O–H groups in total. The number of methoxy groups -OCH3 is 2. The Balaban J connectivity index is 1.61. The van der Waals surface area contributed by atoms with Crippen molar-refractivity contribution in [1.82, 2.24) is 4.98 Å². The van der Waals surface area contributed by atoms with Gasteiger partial charge in [0.2, 0.25) is 0 Å². The van der Waals surface area contributed by atoms with Crippen molar-refractivity contribution in [1.29, 1.82) is 0 Å². The second-order valence-electron chi connectivity index (χ2n) is 7.14. The lowest BCUT2D eigenvalue weighted by Gasteiger charge is -2.21. The molecule has 0 aliphatic carbocycles. The van der Waals surface area contributed by atoms with E-state index in [1.807, 2.05) is 6.07 Å². The summed E-state index contributed by atoms with van der Waals surface area (Å²) >= 11 is 1.29. The quantitative estimate of drug-likeness (QED) is 0.498. The van der Waals surface area contributed by atoms with Crippen LogP contribution in [0.3, 0.4) is 0 Å². The molecule has 2 aromatic carbocycles. The Hall–Kier alpha value is -2.97. The van der Waals surface area contributed by atoms with Gasteiger partial charge < -0.3 is 14.2 Å². The summed E-state index contributed by atoms with van der Waals surface area (Å²) in [6.45, 7) is 1.09. The molecule has 6 nitrogen and oxygen atoms in total. The van der Waals surface area contributed by atoms with Crippen LogP contribution >= 0.6 is 11.3 Å². The van der Waals surface area contributed by atoms with Gasteiger partial charge in [0, 0.05) is 12.7 Å². The lowest BCUT2D eigenvalue weighted by atomic mass is 10.2. The van der Waals surface area contributed by atoms with E-state index in [1.54, 1.807) is 43.4 Å². The number of thiazole rings is 1. The van der Waals surface area contributed by atoms with Crippen molar-refractivity contribution >= 4 is 38.7 Å². The first-order valence-corrected chi connectivity index (χ1v) is 10.8. The highest BCUT2D eigenvalue weighted by Crippen LogP contribution is 2.31. The van der Waals surface area contributed by atoms with E-state index in [1.165, 1.54) is 29.5 Å². The number of fused-ring (bicyclic) bond motifs is 1. The van der Waals surface area contributed by atoms with Crippen molar-refractivity contribution in [3.63, 3.8) is 0 Å². The van der Waals surface area contributed by atoms with Gasteiger partial charge in [-0.3, -0.25) is 9.69 Å². The Morgan fingerprint density at radius 3 is 2.84 bits per heavy atom. The minimum atomic E-state index is -0.326. The number of aromatic nitrogens is 1. The maximum Gasteiger partial charge on any atom is 0.252 e. The molecule has 0 spiro atoms. The first kappa shape index (κ1) is 21.3. The second-order valence-corrected chi connectivity index (χ2v) is 8.15. The number of rotatable bonds is 7. The molecule has 1 aliphatic rings. The number of ether oxygens (including phenoxy) is 3. The van der Waals surface area contributed by atoms with Crippen LogP contribution in [0.4, 0.5) is 9.52 Å². The smallest absolute Gasteiger partial charge is 0.252 e. The van der Waals surface area contributed by atoms with Gasteiger partial charge in [-0.05, 0) is 54.8 Å². The molecule has 1 unspecified atom stereocenters. The molecule has 1 amide bonds. The molecule has 0 bridgehead atoms. The molecular formula is C23H23FN2O4S. The largest absolute Gasteiger partial charge is 0.493 e. The van der Waals surface area contributed by atoms with E-state index in [4.69, 9.17) is 14.2 Å². The van der Waals surface area contributed by atoms with Gasteiger partial charge in [0.1, 0.15) is 5.82 Å². The highest BCUT2D eigenvalue weighted by Gasteiger charge is 2.25. The van der Waals surface area contributed by atoms with Crippen molar-refractivity contribution in [3.05, 3.63) is 53.9 Å². The fraction of sp³-hybridized carbons (Fsp3) is 0.304. The molecule has 0 saturated carbocycles. The number of hydrogen-bond acceptors (Lipinski definition) is 6. The van der Waals surface area contributed by atoms with Crippen LogP contribution in [0.2, 0.25) is 0 Å². The van der Waals surface area contributed by atoms with Gasteiger partial charge in [0.15, 0.2) is 16.6 Å². The highest BCUT2D eigenvalue weighted by atomic mass is 32.1. The van der Waals surface area contributed by atoms with Gasteiger partial charge in [0.25, 0.3) is 5.91 Å². The van der Waals surface area contributed by atoms with Gasteiger partial charge >= 0.3 is 0 Å². The van der Waals surface area contributed by atoms with Crippen molar-refractivity contribution in [2.75, 3.05) is 32.3 Å². The third kappa shape index (κ3) is 4.86. The zero-order chi connectivity index (χ0) is 21.8. The summed E-state index contributed by atoms with van der Waals surface area (Å²) in [6.07, 6.45) is 5.05. The maximum atomic E-state index is 13.6. The van der Waals surface area contributed by atoms with Crippen molar-refractivity contribution in [2.24, 2.45) is 0 Å². The molecule has 3 aromatic rings. The number of carbonyl (C=O) groups is 1. The molecule has 0 radical (unpaired) electrons. The molecule has 2 heterocycles. The minimum absolute atomic E-state index is 0.0396. The number of hydrogen-bond donors (Lipinski definition) is 0. The minimum Gasteiger partial charge on any atom is -0.493 e. The van der Waals surface area contributed by atoms with Crippen LogP contribution in [0.1, 0.15) is 18.4 Å². The summed E-state index contributed by atoms with van der Waals surface area (Å²) in [7, 11) is 3.14. The molecule has 1 atom stereocenters. The number of nitrogens with zero attached hydrogens (tertiary/aromatic N) is 2. The Morgan fingerprint density at radius 1 is 1.26 bits per heavy atom. The van der Waals surface area contributed by atoms with Gasteiger partial charge in [0.05, 0.1) is 37.1 Å². The third-order valence-corrected chi connectivity index (χ3v) is 6.11. The summed E-state index contributed by atoms with van der Waals surface area (Å²) in [5.41, 5.74) is 1.46. The number of benzene rings is 2. The fourth-order valence-corrected chi connectivity index (χ4v) is 4.48. The number of carbonyl (C=O) groups excluding carboxylic acids is 1. The standard InChI is InChI=1S/C23H23FN2O4S/c1-28-19-9-5-15(12-20(19)29-2)6-10-22(27)26(14-17-4-3-11-30-17)23-25-18-8-7-16(24)13-21(18)31-23/h5-10,12-13,17H,3-4,11,14H2,1-2H3/b10-6+. The van der Waals surface area contributed by atoms with Crippen LogP contribution in [0.25, 0.3) is 16.3 Å². The SMILES string of the molecule is COc1ccc(/C=C/C(=O)N(CC2CCCO2)c2nc3ccc(F)cc3s2)cc1OC. The predicted molar refractivity (Wildman–Crippen MR) is 119 cm³/mol. The summed E-state index contributed by atoms with van der Waals surface area (Å²) in [6, 6.07) is 9.86. The topological polar surface area (TPSA) is 60.9 Å². The molecule has 1 aromatic heterocycles. The Labute approximate surface area is 183 Å². The molecule has 1 fully saturated rings. The summed E-state index contributed by atoms with van der Waals surface area (Å²) in [5, 5.41) is 0.526. The lowest BCUT2D eigenvalue weighted by molar-refractivity contribution is -0.114. The molecule has 1 aliphatic heterocycles. The molecular weight excluding hydrogens is 419 g/mol. The first-order chi connectivity index (χ1) is 15.1. The zero-order valence-electron chi connectivity index (χ0n) is 17.3. The lowest BCUT2D eigenvalue weighted by Crippen LogP contribution is -2.36. The van der Waals surface area contributed by atoms with E-state index in [-0.39, 0.29) is 17.8 Å². The first-order valence-electron chi connectivity index (χ1n) is 9.96. The zero-order valence-corrected chi connectivity index (χ0v) is 18.2. The van der Waals surface area contributed by atoms with Gasteiger partial charge in [-0.2, -0.15) is 0 Å². The normalized spacial score (nSPS) is 16.2. The highest BCUT2D eigenvalue weighted by molar-refractivity contribution is 7.22. The number of amides is 1. The maximum absolute atomic E-state index is 13.6. The van der Waals surface area contributed by atoms with Gasteiger partial charge in [-0.25, -0.2) is 9.37 Å². The molecule has 4 rings (SSSR count). The molecule has 31 heavy (non-hydrogen) atoms. The summed E-state index contributed by atoms with van der Waals surface area (Å²) in [4.78, 5) is 19.3. The van der Waals surface area contributed by atoms with Crippen molar-refractivity contribution in [3.8, 4) is 11.5 Å². The van der Waals surface area contributed by atoms with Crippen LogP contribution in [-0.4, -0.2) is 44.4 Å². The summed E-state index contributed by atoms with van der Waals surface area (Å²) in [5.74, 6) is 0.659. The van der Waals surface area contributed by atoms with Crippen molar-refractivity contribution < 1.29 is 23.4 Å². The van der Waals surface area contributed by atoms with E-state index < -0.39 is 0 Å². The predicted octanol–water partition coefficient (Wildman–Crippen LogP) is 4.68. The molecule has 162 valence electrons. The third-order valence-electron chi connectivity index (χ3n) is 5.07. The Bertz CT molecular complexity index is 1110. The van der Waals surface area contributed by atoms with Gasteiger partial charge in [-0.1, -0.05) is 17.4 Å². The van der Waals surface area contributed by atoms with Crippen LogP contribution in [0.5, 0.6) is 11.5 Å². The Morgan fingerprint density at radius 2 is 2.10 bits per heavy atom. The monoisotopic (exact) mass is 442 g/mol. The van der Waals surface area contributed by atoms with Crippen LogP contribution in [0.15, 0.2) is 42.5 Å². The van der Waals surface area contributed by atoms with Crippen LogP contribution in [0, 0.1) is 5.82 Å². The Kier molecular flexibility index (Phi) is 6.48. The van der Waals surface area contributed by atoms with Crippen LogP contribution < -0.4 is 14.4 Å². The average Bonchev–Trinajstić information content (AvgIpc) is 3.44. The average molecular weight is 443 g/mol. The van der Waals surface area contributed by atoms with E-state index in [2.05, 4.69) is 4.98 Å². The molecule has 1 saturated heterocycles. The molecule has 8 heteroatoms. The van der Waals surface area contributed by atoms with Crippen molar-refractivity contribution in [2.45, 2.75) is 18.9 Å². The fourth-order valence-electron chi connectivity index (χ4n) is 3.47. The number of halogens is 1. The van der Waals surface area contributed by atoms with E-state index >= 15 is 0 Å². The summed E-state index contributed by atoms with van der Waals surface area (Å²) < 4.78 is 30.6.